The number of fused-ring (bicyclic) bond motifs is 5. The number of benzene rings is 5. The van der Waals surface area contributed by atoms with Crippen LogP contribution < -0.4 is 4.90 Å². The normalized spacial score (nSPS) is 24.5. The highest BCUT2D eigenvalue weighted by molar-refractivity contribution is 6.39. The molecular formula is C40H24Cl2N2O3. The van der Waals surface area contributed by atoms with Crippen LogP contribution in [0.1, 0.15) is 27.8 Å². The third-order valence-corrected chi connectivity index (χ3v) is 10.5. The summed E-state index contributed by atoms with van der Waals surface area (Å²) in [7, 11) is 0. The molecule has 5 aromatic carbocycles. The summed E-state index contributed by atoms with van der Waals surface area (Å²) in [4.78, 5) is 47.1. The number of amides is 2. The van der Waals surface area contributed by atoms with E-state index in [1.165, 1.54) is 4.90 Å². The molecule has 5 nitrogen and oxygen atoms in total. The number of anilines is 1. The molecule has 226 valence electrons. The number of Topliss-reactive ketones (excluding diaryl/α,β-unsaturated/α-hetero) is 1. The van der Waals surface area contributed by atoms with Gasteiger partial charge in [-0.25, -0.2) is 4.90 Å². The molecule has 2 amide bonds. The first-order valence-electron chi connectivity index (χ1n) is 15.2. The average Bonchev–Trinajstić information content (AvgIpc) is 3.61. The Morgan fingerprint density at radius 3 is 1.34 bits per heavy atom. The first kappa shape index (κ1) is 29.1. The molecule has 4 atom stereocenters. The van der Waals surface area contributed by atoms with Gasteiger partial charge in [0.25, 0.3) is 0 Å². The summed E-state index contributed by atoms with van der Waals surface area (Å²) in [6.07, 6.45) is 0. The van der Waals surface area contributed by atoms with E-state index < -0.39 is 34.5 Å². The van der Waals surface area contributed by atoms with E-state index in [9.17, 15) is 14.9 Å². The number of hydrogen-bond donors (Lipinski definition) is 0. The molecule has 7 heteroatoms. The van der Waals surface area contributed by atoms with Gasteiger partial charge in [0.1, 0.15) is 0 Å². The van der Waals surface area contributed by atoms with E-state index in [1.807, 2.05) is 60.7 Å². The van der Waals surface area contributed by atoms with Crippen LogP contribution >= 0.6 is 23.2 Å². The van der Waals surface area contributed by atoms with Crippen LogP contribution in [0.2, 0.25) is 10.0 Å². The third kappa shape index (κ3) is 3.80. The standard InChI is InChI=1S/C40H24Cl2N2O3/c41-29-17-13-27(14-18-29)39-32(25-7-3-1-4-8-25)33(26-9-5-2-6-10-26)40(38(39)47,28-15-19-30(42)20-16-28)35-34(39)36(45)44(37(35)46)31-21-11-24(23-43)12-22-31/h1-22,34-35H. The molecule has 2 aliphatic carbocycles. The van der Waals surface area contributed by atoms with Crippen LogP contribution in [0.5, 0.6) is 0 Å². The highest BCUT2D eigenvalue weighted by Gasteiger charge is 2.82. The lowest BCUT2D eigenvalue weighted by molar-refractivity contribution is -0.130. The molecule has 2 bridgehead atoms. The summed E-state index contributed by atoms with van der Waals surface area (Å²) in [5, 5.41) is 10.4. The van der Waals surface area contributed by atoms with E-state index in [1.54, 1.807) is 72.8 Å². The predicted octanol–water partition coefficient (Wildman–Crippen LogP) is 8.05. The monoisotopic (exact) mass is 650 g/mol. The van der Waals surface area contributed by atoms with E-state index in [0.717, 1.165) is 11.1 Å². The van der Waals surface area contributed by atoms with Gasteiger partial charge < -0.3 is 0 Å². The van der Waals surface area contributed by atoms with Crippen molar-refractivity contribution in [1.29, 1.82) is 5.26 Å². The molecule has 4 unspecified atom stereocenters. The summed E-state index contributed by atoms with van der Waals surface area (Å²) in [6, 6.07) is 41.8. The molecular weight excluding hydrogens is 627 g/mol. The van der Waals surface area contributed by atoms with E-state index in [4.69, 9.17) is 23.2 Å². The minimum absolute atomic E-state index is 0.233. The first-order valence-corrected chi connectivity index (χ1v) is 15.9. The van der Waals surface area contributed by atoms with Crippen molar-refractivity contribution in [2.24, 2.45) is 11.8 Å². The number of hydrogen-bond acceptors (Lipinski definition) is 4. The minimum Gasteiger partial charge on any atom is -0.297 e. The molecule has 0 N–H and O–H groups in total. The van der Waals surface area contributed by atoms with Crippen LogP contribution in [0.15, 0.2) is 133 Å². The smallest absolute Gasteiger partial charge is 0.239 e. The van der Waals surface area contributed by atoms with Gasteiger partial charge in [0, 0.05) is 10.0 Å². The van der Waals surface area contributed by atoms with Crippen molar-refractivity contribution in [1.82, 2.24) is 0 Å². The van der Waals surface area contributed by atoms with Crippen molar-refractivity contribution >= 4 is 57.6 Å². The molecule has 0 spiro atoms. The summed E-state index contributed by atoms with van der Waals surface area (Å²) in [6.45, 7) is 0. The maximum atomic E-state index is 15.9. The number of imide groups is 1. The molecule has 0 aromatic heterocycles. The Kier molecular flexibility index (Phi) is 6.59. The second kappa shape index (κ2) is 10.6. The number of nitriles is 1. The number of carbonyl (C=O) groups excluding carboxylic acids is 3. The maximum Gasteiger partial charge on any atom is 0.239 e. The molecule has 0 radical (unpaired) electrons. The van der Waals surface area contributed by atoms with E-state index >= 15 is 4.79 Å². The highest BCUT2D eigenvalue weighted by atomic mass is 35.5. The fourth-order valence-corrected chi connectivity index (χ4v) is 8.55. The molecule has 1 saturated carbocycles. The van der Waals surface area contributed by atoms with Gasteiger partial charge in [-0.3, -0.25) is 14.4 Å². The van der Waals surface area contributed by atoms with Gasteiger partial charge in [-0.05, 0) is 81.9 Å². The zero-order valence-corrected chi connectivity index (χ0v) is 26.2. The number of ketones is 1. The van der Waals surface area contributed by atoms with Crippen molar-refractivity contribution in [3.8, 4) is 6.07 Å². The van der Waals surface area contributed by atoms with Crippen molar-refractivity contribution in [3.05, 3.63) is 171 Å². The van der Waals surface area contributed by atoms with Crippen molar-refractivity contribution in [2.45, 2.75) is 10.8 Å². The Labute approximate surface area is 281 Å². The zero-order chi connectivity index (χ0) is 32.5. The fourth-order valence-electron chi connectivity index (χ4n) is 8.30. The Morgan fingerprint density at radius 2 is 0.957 bits per heavy atom. The molecule has 5 aromatic rings. The van der Waals surface area contributed by atoms with Gasteiger partial charge in [0.05, 0.1) is 40.0 Å². The van der Waals surface area contributed by atoms with E-state index in [2.05, 4.69) is 6.07 Å². The Hall–Kier alpha value is -5.28. The van der Waals surface area contributed by atoms with Crippen LogP contribution in [0.3, 0.4) is 0 Å². The van der Waals surface area contributed by atoms with Crippen LogP contribution in [-0.4, -0.2) is 17.6 Å². The predicted molar refractivity (Wildman–Crippen MR) is 182 cm³/mol. The summed E-state index contributed by atoms with van der Waals surface area (Å²) in [5.74, 6) is -3.31. The molecule has 1 aliphatic heterocycles. The van der Waals surface area contributed by atoms with Crippen LogP contribution in [0.25, 0.3) is 11.1 Å². The van der Waals surface area contributed by atoms with Crippen molar-refractivity contribution in [3.63, 3.8) is 0 Å². The maximum absolute atomic E-state index is 15.9. The first-order chi connectivity index (χ1) is 22.8. The van der Waals surface area contributed by atoms with Gasteiger partial charge in [0.2, 0.25) is 11.8 Å². The number of nitrogens with zero attached hydrogens (tertiary/aromatic N) is 2. The van der Waals surface area contributed by atoms with E-state index in [-0.39, 0.29) is 5.78 Å². The summed E-state index contributed by atoms with van der Waals surface area (Å²) in [5.41, 5.74) is 1.77. The summed E-state index contributed by atoms with van der Waals surface area (Å²) >= 11 is 12.8. The number of halogens is 2. The van der Waals surface area contributed by atoms with Gasteiger partial charge >= 0.3 is 0 Å². The SMILES string of the molecule is N#Cc1ccc(N2C(=O)C3C(C2=O)C2(c4ccc(Cl)cc4)C(=O)C3(c3ccc(Cl)cc3)C(c3ccccc3)=C2c2ccccc2)cc1. The van der Waals surface area contributed by atoms with E-state index in [0.29, 0.717) is 43.6 Å². The Morgan fingerprint density at radius 1 is 0.553 bits per heavy atom. The summed E-state index contributed by atoms with van der Waals surface area (Å²) < 4.78 is 0. The van der Waals surface area contributed by atoms with Crippen molar-refractivity contribution in [2.75, 3.05) is 4.90 Å². The number of allylic oxidation sites excluding steroid dienone is 2. The van der Waals surface area contributed by atoms with Crippen LogP contribution in [0.4, 0.5) is 5.69 Å². The lowest BCUT2D eigenvalue weighted by atomic mass is 9.59. The molecule has 8 rings (SSSR count). The topological polar surface area (TPSA) is 78.2 Å². The second-order valence-electron chi connectivity index (χ2n) is 12.1. The largest absolute Gasteiger partial charge is 0.297 e. The van der Waals surface area contributed by atoms with Gasteiger partial charge in [-0.2, -0.15) is 5.26 Å². The van der Waals surface area contributed by atoms with Gasteiger partial charge in [0.15, 0.2) is 5.78 Å². The average molecular weight is 652 g/mol. The lowest BCUT2D eigenvalue weighted by Gasteiger charge is -2.39. The molecule has 47 heavy (non-hydrogen) atoms. The third-order valence-electron chi connectivity index (χ3n) is 9.97. The molecule has 2 fully saturated rings. The minimum atomic E-state index is -1.55. The van der Waals surface area contributed by atoms with Gasteiger partial charge in [-0.15, -0.1) is 0 Å². The fraction of sp³-hybridized carbons (Fsp3) is 0.100. The second-order valence-corrected chi connectivity index (χ2v) is 12.9. The zero-order valence-electron chi connectivity index (χ0n) is 24.7. The Bertz CT molecular complexity index is 2050. The van der Waals surface area contributed by atoms with Crippen molar-refractivity contribution < 1.29 is 14.4 Å². The highest BCUT2D eigenvalue weighted by Crippen LogP contribution is 2.74. The molecule has 1 saturated heterocycles. The quantitative estimate of drug-likeness (QED) is 0.180. The number of carbonyl (C=O) groups is 3. The van der Waals surface area contributed by atoms with Gasteiger partial charge in [-0.1, -0.05) is 108 Å². The van der Waals surface area contributed by atoms with Crippen LogP contribution in [0, 0.1) is 23.2 Å². The Balaban J connectivity index is 1.54. The number of rotatable bonds is 5. The van der Waals surface area contributed by atoms with Crippen LogP contribution in [-0.2, 0) is 25.2 Å². The lowest BCUT2D eigenvalue weighted by Crippen LogP contribution is -2.45. The molecule has 1 heterocycles. The molecule has 3 aliphatic rings.